The molecule has 2 aliphatic carbocycles. The van der Waals surface area contributed by atoms with Gasteiger partial charge in [-0.2, -0.15) is 0 Å². The molecule has 1 fully saturated rings. The van der Waals surface area contributed by atoms with Crippen LogP contribution in [0.5, 0.6) is 0 Å². The van der Waals surface area contributed by atoms with Gasteiger partial charge in [-0.25, -0.2) is 0 Å². The Hall–Kier alpha value is -0.860. The van der Waals surface area contributed by atoms with Crippen LogP contribution >= 0.6 is 0 Å². The third-order valence-electron chi connectivity index (χ3n) is 4.84. The van der Waals surface area contributed by atoms with Crippen LogP contribution in [-0.4, -0.2) is 17.3 Å². The first-order chi connectivity index (χ1) is 9.16. The van der Waals surface area contributed by atoms with E-state index in [0.29, 0.717) is 6.04 Å². The van der Waals surface area contributed by atoms with E-state index in [9.17, 15) is 5.11 Å². The molecule has 2 N–H and O–H groups in total. The predicted molar refractivity (Wildman–Crippen MR) is 78.3 cm³/mol. The summed E-state index contributed by atoms with van der Waals surface area (Å²) in [6, 6.07) is 7.23. The van der Waals surface area contributed by atoms with E-state index < -0.39 is 5.60 Å². The lowest BCUT2D eigenvalue weighted by Gasteiger charge is -2.33. The fourth-order valence-corrected chi connectivity index (χ4v) is 3.63. The summed E-state index contributed by atoms with van der Waals surface area (Å²) >= 11 is 0. The molecular formula is C17H25NO. The van der Waals surface area contributed by atoms with Crippen LogP contribution in [0.15, 0.2) is 18.2 Å². The molecule has 3 rings (SSSR count). The number of rotatable bonds is 3. The van der Waals surface area contributed by atoms with Gasteiger partial charge in [-0.1, -0.05) is 43.0 Å². The van der Waals surface area contributed by atoms with Crippen LogP contribution in [0, 0.1) is 6.92 Å². The van der Waals surface area contributed by atoms with E-state index in [1.54, 1.807) is 0 Å². The third-order valence-corrected chi connectivity index (χ3v) is 4.84. The maximum absolute atomic E-state index is 10.6. The van der Waals surface area contributed by atoms with E-state index in [1.165, 1.54) is 48.8 Å². The minimum absolute atomic E-state index is 0.445. The highest BCUT2D eigenvalue weighted by Crippen LogP contribution is 2.33. The van der Waals surface area contributed by atoms with Gasteiger partial charge in [0.1, 0.15) is 0 Å². The van der Waals surface area contributed by atoms with Crippen molar-refractivity contribution in [3.63, 3.8) is 0 Å². The van der Waals surface area contributed by atoms with Gasteiger partial charge in [0.2, 0.25) is 0 Å². The number of fused-ring (bicyclic) bond motifs is 1. The molecule has 1 aromatic carbocycles. The van der Waals surface area contributed by atoms with Gasteiger partial charge in [-0.15, -0.1) is 0 Å². The van der Waals surface area contributed by atoms with Gasteiger partial charge in [0.25, 0.3) is 0 Å². The molecule has 104 valence electrons. The summed E-state index contributed by atoms with van der Waals surface area (Å²) < 4.78 is 0. The Morgan fingerprint density at radius 3 is 2.84 bits per heavy atom. The third kappa shape index (κ3) is 2.85. The van der Waals surface area contributed by atoms with Crippen LogP contribution in [0.25, 0.3) is 0 Å². The second-order valence-electron chi connectivity index (χ2n) is 6.46. The molecule has 0 saturated heterocycles. The zero-order chi connectivity index (χ0) is 13.3. The van der Waals surface area contributed by atoms with Crippen LogP contribution in [0.3, 0.4) is 0 Å². The van der Waals surface area contributed by atoms with Crippen molar-refractivity contribution in [2.45, 2.75) is 63.5 Å². The summed E-state index contributed by atoms with van der Waals surface area (Å²) in [6.45, 7) is 2.91. The minimum atomic E-state index is -0.454. The maximum atomic E-state index is 10.6. The first-order valence-electron chi connectivity index (χ1n) is 7.72. The van der Waals surface area contributed by atoms with E-state index in [4.69, 9.17) is 0 Å². The average Bonchev–Trinajstić information content (AvgIpc) is 2.80. The molecule has 1 saturated carbocycles. The van der Waals surface area contributed by atoms with Gasteiger partial charge in [0.15, 0.2) is 0 Å². The molecular weight excluding hydrogens is 234 g/mol. The van der Waals surface area contributed by atoms with Crippen LogP contribution in [0.4, 0.5) is 0 Å². The van der Waals surface area contributed by atoms with E-state index >= 15 is 0 Å². The van der Waals surface area contributed by atoms with E-state index in [1.807, 2.05) is 0 Å². The van der Waals surface area contributed by atoms with E-state index in [-0.39, 0.29) is 0 Å². The van der Waals surface area contributed by atoms with Gasteiger partial charge in [-0.3, -0.25) is 0 Å². The van der Waals surface area contributed by atoms with Gasteiger partial charge >= 0.3 is 0 Å². The fourth-order valence-electron chi connectivity index (χ4n) is 3.63. The minimum Gasteiger partial charge on any atom is -0.389 e. The highest BCUT2D eigenvalue weighted by atomic mass is 16.3. The summed E-state index contributed by atoms with van der Waals surface area (Å²) in [7, 11) is 0. The summed E-state index contributed by atoms with van der Waals surface area (Å²) in [5.41, 5.74) is 3.83. The van der Waals surface area contributed by atoms with Crippen molar-refractivity contribution in [1.82, 2.24) is 5.32 Å². The van der Waals surface area contributed by atoms with E-state index in [2.05, 4.69) is 30.4 Å². The Morgan fingerprint density at radius 1 is 1.26 bits per heavy atom. The topological polar surface area (TPSA) is 32.3 Å². The number of aliphatic hydroxyl groups is 1. The molecule has 2 nitrogen and oxygen atoms in total. The van der Waals surface area contributed by atoms with Crippen molar-refractivity contribution in [3.8, 4) is 0 Å². The molecule has 0 radical (unpaired) electrons. The fraction of sp³-hybridized carbons (Fsp3) is 0.647. The van der Waals surface area contributed by atoms with Crippen molar-refractivity contribution in [1.29, 1.82) is 0 Å². The van der Waals surface area contributed by atoms with Crippen LogP contribution in [0.2, 0.25) is 0 Å². The van der Waals surface area contributed by atoms with Gasteiger partial charge in [-0.05, 0) is 43.7 Å². The molecule has 0 amide bonds. The molecule has 0 bridgehead atoms. The summed E-state index contributed by atoms with van der Waals surface area (Å²) in [5.74, 6) is 0. The molecule has 0 heterocycles. The molecule has 1 aromatic rings. The Bertz CT molecular complexity index is 449. The first kappa shape index (κ1) is 13.1. The van der Waals surface area contributed by atoms with Gasteiger partial charge < -0.3 is 10.4 Å². The van der Waals surface area contributed by atoms with E-state index in [0.717, 1.165) is 19.4 Å². The molecule has 0 spiro atoms. The average molecular weight is 259 g/mol. The summed E-state index contributed by atoms with van der Waals surface area (Å²) in [6.07, 6.45) is 7.92. The molecule has 2 heteroatoms. The molecule has 2 aliphatic rings. The van der Waals surface area contributed by atoms with Gasteiger partial charge in [0, 0.05) is 12.6 Å². The van der Waals surface area contributed by atoms with Crippen molar-refractivity contribution < 1.29 is 5.11 Å². The normalized spacial score (nSPS) is 25.3. The predicted octanol–water partition coefficient (Wildman–Crippen LogP) is 3.27. The summed E-state index contributed by atoms with van der Waals surface area (Å²) in [4.78, 5) is 0. The van der Waals surface area contributed by atoms with Crippen LogP contribution < -0.4 is 5.32 Å². The molecule has 0 aromatic heterocycles. The van der Waals surface area contributed by atoms with Crippen LogP contribution in [0.1, 0.15) is 61.3 Å². The molecule has 19 heavy (non-hydrogen) atoms. The highest BCUT2D eigenvalue weighted by molar-refractivity contribution is 5.37. The monoisotopic (exact) mass is 259 g/mol. The SMILES string of the molecule is Cc1ccc2c(c1)C(NCC1(O)CCCCC1)CC2. The Labute approximate surface area is 116 Å². The lowest BCUT2D eigenvalue weighted by Crippen LogP contribution is -2.43. The van der Waals surface area contributed by atoms with Gasteiger partial charge in [0.05, 0.1) is 5.60 Å². The lowest BCUT2D eigenvalue weighted by atomic mass is 9.84. The first-order valence-corrected chi connectivity index (χ1v) is 7.72. The Kier molecular flexibility index (Phi) is 3.64. The summed E-state index contributed by atoms with van der Waals surface area (Å²) in [5, 5.41) is 14.2. The Balaban J connectivity index is 1.64. The van der Waals surface area contributed by atoms with Crippen molar-refractivity contribution >= 4 is 0 Å². The number of aryl methyl sites for hydroxylation is 2. The largest absolute Gasteiger partial charge is 0.389 e. The zero-order valence-corrected chi connectivity index (χ0v) is 11.9. The number of hydrogen-bond donors (Lipinski definition) is 2. The number of nitrogens with one attached hydrogen (secondary N) is 1. The van der Waals surface area contributed by atoms with Crippen molar-refractivity contribution in [2.24, 2.45) is 0 Å². The quantitative estimate of drug-likeness (QED) is 0.873. The number of hydrogen-bond acceptors (Lipinski definition) is 2. The number of benzene rings is 1. The van der Waals surface area contributed by atoms with Crippen molar-refractivity contribution in [3.05, 3.63) is 34.9 Å². The Morgan fingerprint density at radius 2 is 2.05 bits per heavy atom. The highest BCUT2D eigenvalue weighted by Gasteiger charge is 2.31. The lowest BCUT2D eigenvalue weighted by molar-refractivity contribution is 0.00262. The molecule has 0 aliphatic heterocycles. The molecule has 1 atom stereocenters. The van der Waals surface area contributed by atoms with Crippen molar-refractivity contribution in [2.75, 3.05) is 6.54 Å². The molecule has 1 unspecified atom stereocenters. The van der Waals surface area contributed by atoms with Crippen LogP contribution in [-0.2, 0) is 6.42 Å². The maximum Gasteiger partial charge on any atom is 0.0771 e. The second kappa shape index (κ2) is 5.26. The zero-order valence-electron chi connectivity index (χ0n) is 11.9. The standard InChI is InChI=1S/C17H25NO/c1-13-5-6-14-7-8-16(15(14)11-13)18-12-17(19)9-3-2-4-10-17/h5-6,11,16,18-19H,2-4,7-10,12H2,1H3. The smallest absolute Gasteiger partial charge is 0.0771 e. The second-order valence-corrected chi connectivity index (χ2v) is 6.46.